The monoisotopic (exact) mass is 436 g/mol. The number of nitrogens with zero attached hydrogens (tertiary/aromatic N) is 3. The Balaban J connectivity index is 1.50. The molecule has 0 aliphatic carbocycles. The number of rotatable bonds is 5. The predicted molar refractivity (Wildman–Crippen MR) is 114 cm³/mol. The fraction of sp³-hybridized carbons (Fsp3) is 0.650. The Labute approximate surface area is 176 Å². The van der Waals surface area contributed by atoms with Gasteiger partial charge in [0.1, 0.15) is 15.4 Å². The van der Waals surface area contributed by atoms with Crippen LogP contribution >= 0.6 is 0 Å². The molecule has 9 nitrogen and oxygen atoms in total. The smallest absolute Gasteiger partial charge is 0.282 e. The average Bonchev–Trinajstić information content (AvgIpc) is 3.06. The van der Waals surface area contributed by atoms with Crippen LogP contribution in [0.5, 0.6) is 0 Å². The maximum absolute atomic E-state index is 12.8. The number of carbonyl (C=O) groups is 1. The minimum atomic E-state index is -2.96. The number of anilines is 1. The number of fused-ring (bicyclic) bond motifs is 4. The van der Waals surface area contributed by atoms with Crippen LogP contribution in [0, 0.1) is 16.0 Å². The SMILES string of the molecule is O=C(NCC1CCS(=O)(=O)CC1)c1cc(N2CCN3CCC2CC3)ccc1[N+](=O)[O-]. The minimum absolute atomic E-state index is 0.0695. The normalized spacial score (nSPS) is 26.2. The lowest BCUT2D eigenvalue weighted by molar-refractivity contribution is -0.385. The summed E-state index contributed by atoms with van der Waals surface area (Å²) in [6.45, 7) is 4.27. The lowest BCUT2D eigenvalue weighted by atomic mass is 10.0. The zero-order chi connectivity index (χ0) is 21.3. The molecule has 4 heterocycles. The minimum Gasteiger partial charge on any atom is -0.367 e. The van der Waals surface area contributed by atoms with Gasteiger partial charge in [0, 0.05) is 50.5 Å². The van der Waals surface area contributed by atoms with E-state index in [1.165, 1.54) is 6.07 Å². The van der Waals surface area contributed by atoms with Crippen LogP contribution < -0.4 is 10.2 Å². The summed E-state index contributed by atoms with van der Waals surface area (Å²) < 4.78 is 23.1. The number of benzene rings is 1. The third kappa shape index (κ3) is 4.59. The second-order valence-electron chi connectivity index (χ2n) is 8.53. The Morgan fingerprint density at radius 1 is 1.10 bits per heavy atom. The molecule has 5 rings (SSSR count). The topological polar surface area (TPSA) is 113 Å². The van der Waals surface area contributed by atoms with E-state index < -0.39 is 20.7 Å². The van der Waals surface area contributed by atoms with Crippen LogP contribution in [0.1, 0.15) is 36.0 Å². The van der Waals surface area contributed by atoms with Crippen LogP contribution in [0.2, 0.25) is 0 Å². The van der Waals surface area contributed by atoms with Crippen LogP contribution in [-0.2, 0) is 9.84 Å². The van der Waals surface area contributed by atoms with Gasteiger partial charge in [-0.3, -0.25) is 14.9 Å². The van der Waals surface area contributed by atoms with Gasteiger partial charge in [-0.05, 0) is 43.7 Å². The van der Waals surface area contributed by atoms with E-state index in [-0.39, 0.29) is 28.7 Å². The summed E-state index contributed by atoms with van der Waals surface area (Å²) in [5.41, 5.74) is 0.716. The van der Waals surface area contributed by atoms with E-state index >= 15 is 0 Å². The summed E-state index contributed by atoms with van der Waals surface area (Å²) >= 11 is 0. The van der Waals surface area contributed by atoms with Gasteiger partial charge >= 0.3 is 0 Å². The highest BCUT2D eigenvalue weighted by Crippen LogP contribution is 2.31. The number of hydrogen-bond donors (Lipinski definition) is 1. The van der Waals surface area contributed by atoms with E-state index in [0.29, 0.717) is 25.4 Å². The molecule has 0 aromatic heterocycles. The van der Waals surface area contributed by atoms with Crippen molar-refractivity contribution >= 4 is 27.1 Å². The maximum Gasteiger partial charge on any atom is 0.282 e. The number of sulfone groups is 1. The van der Waals surface area contributed by atoms with Gasteiger partial charge < -0.3 is 15.1 Å². The van der Waals surface area contributed by atoms with Crippen molar-refractivity contribution in [3.63, 3.8) is 0 Å². The largest absolute Gasteiger partial charge is 0.367 e. The van der Waals surface area contributed by atoms with E-state index in [1.54, 1.807) is 12.1 Å². The third-order valence-electron chi connectivity index (χ3n) is 6.63. The quantitative estimate of drug-likeness (QED) is 0.549. The molecule has 1 aromatic rings. The molecule has 10 heteroatoms. The predicted octanol–water partition coefficient (Wildman–Crippen LogP) is 1.43. The zero-order valence-corrected chi connectivity index (χ0v) is 17.8. The molecule has 164 valence electrons. The van der Waals surface area contributed by atoms with Gasteiger partial charge in [0.05, 0.1) is 16.4 Å². The summed E-state index contributed by atoms with van der Waals surface area (Å²) in [5, 5.41) is 14.3. The number of nitrogens with one attached hydrogen (secondary N) is 1. The molecular formula is C20H28N4O5S. The fourth-order valence-electron chi connectivity index (χ4n) is 4.75. The molecule has 30 heavy (non-hydrogen) atoms. The Bertz CT molecular complexity index is 913. The highest BCUT2D eigenvalue weighted by molar-refractivity contribution is 7.91. The Kier molecular flexibility index (Phi) is 5.97. The first-order chi connectivity index (χ1) is 14.3. The summed E-state index contributed by atoms with van der Waals surface area (Å²) in [5.74, 6) is -0.123. The molecule has 4 aliphatic rings. The van der Waals surface area contributed by atoms with E-state index in [1.807, 2.05) is 0 Å². The average molecular weight is 437 g/mol. The molecular weight excluding hydrogens is 408 g/mol. The van der Waals surface area contributed by atoms with E-state index in [4.69, 9.17) is 0 Å². The van der Waals surface area contributed by atoms with Crippen LogP contribution in [-0.4, -0.2) is 74.4 Å². The summed E-state index contributed by atoms with van der Waals surface area (Å²) in [6, 6.07) is 5.21. The van der Waals surface area contributed by atoms with Crippen LogP contribution in [0.15, 0.2) is 18.2 Å². The van der Waals surface area contributed by atoms with Crippen molar-refractivity contribution in [2.75, 3.05) is 49.1 Å². The van der Waals surface area contributed by atoms with Crippen molar-refractivity contribution in [3.05, 3.63) is 33.9 Å². The summed E-state index contributed by atoms with van der Waals surface area (Å²) in [4.78, 5) is 28.5. The van der Waals surface area contributed by atoms with Gasteiger partial charge in [0.2, 0.25) is 0 Å². The van der Waals surface area contributed by atoms with Gasteiger partial charge in [0.25, 0.3) is 11.6 Å². The van der Waals surface area contributed by atoms with Crippen molar-refractivity contribution < 1.29 is 18.1 Å². The first-order valence-corrected chi connectivity index (χ1v) is 12.4. The van der Waals surface area contributed by atoms with Crippen molar-refractivity contribution in [2.45, 2.75) is 31.7 Å². The molecule has 2 bridgehead atoms. The molecule has 0 saturated carbocycles. The molecule has 1 N–H and O–H groups in total. The van der Waals surface area contributed by atoms with E-state index in [9.17, 15) is 23.3 Å². The standard InChI is InChI=1S/C20H28N4O5S/c25-20(21-14-15-5-11-30(28,29)12-6-15)18-13-17(1-2-19(18)24(26)27)23-10-9-22-7-3-16(23)4-8-22/h1-2,13,15-16H,3-12,14H2,(H,21,25). The van der Waals surface area contributed by atoms with Crippen molar-refractivity contribution in [3.8, 4) is 0 Å². The van der Waals surface area contributed by atoms with Crippen molar-refractivity contribution in [1.82, 2.24) is 10.2 Å². The lowest BCUT2D eigenvalue weighted by Gasteiger charge is -2.33. The molecule has 0 spiro atoms. The van der Waals surface area contributed by atoms with Crippen LogP contribution in [0.4, 0.5) is 11.4 Å². The lowest BCUT2D eigenvalue weighted by Crippen LogP contribution is -2.38. The number of nitro benzene ring substituents is 1. The molecule has 0 unspecified atom stereocenters. The van der Waals surface area contributed by atoms with Gasteiger partial charge in [-0.25, -0.2) is 8.42 Å². The molecule has 4 aliphatic heterocycles. The molecule has 0 radical (unpaired) electrons. The number of amides is 1. The Morgan fingerprint density at radius 3 is 2.47 bits per heavy atom. The maximum atomic E-state index is 12.8. The molecule has 1 amide bonds. The third-order valence-corrected chi connectivity index (χ3v) is 8.35. The fourth-order valence-corrected chi connectivity index (χ4v) is 6.33. The second kappa shape index (κ2) is 8.50. The van der Waals surface area contributed by atoms with Crippen LogP contribution in [0.25, 0.3) is 0 Å². The molecule has 4 fully saturated rings. The summed E-state index contributed by atoms with van der Waals surface area (Å²) in [7, 11) is -2.96. The van der Waals surface area contributed by atoms with E-state index in [0.717, 1.165) is 44.7 Å². The first-order valence-electron chi connectivity index (χ1n) is 10.6. The molecule has 4 saturated heterocycles. The van der Waals surface area contributed by atoms with Crippen molar-refractivity contribution in [2.24, 2.45) is 5.92 Å². The van der Waals surface area contributed by atoms with Crippen molar-refractivity contribution in [1.29, 1.82) is 0 Å². The molecule has 1 aromatic carbocycles. The number of carbonyl (C=O) groups excluding carboxylic acids is 1. The van der Waals surface area contributed by atoms with Crippen LogP contribution in [0.3, 0.4) is 0 Å². The Hall–Kier alpha value is -2.20. The zero-order valence-electron chi connectivity index (χ0n) is 17.0. The van der Waals surface area contributed by atoms with E-state index in [2.05, 4.69) is 15.1 Å². The van der Waals surface area contributed by atoms with Gasteiger partial charge in [-0.1, -0.05) is 0 Å². The second-order valence-corrected chi connectivity index (χ2v) is 10.8. The first kappa shape index (κ1) is 21.0. The number of piperidine rings is 1. The number of hydrogen-bond acceptors (Lipinski definition) is 7. The molecule has 0 atom stereocenters. The highest BCUT2D eigenvalue weighted by Gasteiger charge is 2.31. The van der Waals surface area contributed by atoms with Gasteiger partial charge in [-0.2, -0.15) is 0 Å². The van der Waals surface area contributed by atoms with Gasteiger partial charge in [-0.15, -0.1) is 0 Å². The Morgan fingerprint density at radius 2 is 1.80 bits per heavy atom. The summed E-state index contributed by atoms with van der Waals surface area (Å²) in [6.07, 6.45) is 3.14. The highest BCUT2D eigenvalue weighted by atomic mass is 32.2. The number of nitro groups is 1. The van der Waals surface area contributed by atoms with Gasteiger partial charge in [0.15, 0.2) is 0 Å².